The van der Waals surface area contributed by atoms with Gasteiger partial charge in [0.25, 0.3) is 0 Å². The number of benzene rings is 1. The molecule has 4 nitrogen and oxygen atoms in total. The molecular formula is C19H18N2O2S. The van der Waals surface area contributed by atoms with Crippen molar-refractivity contribution >= 4 is 28.5 Å². The topological polar surface area (TPSA) is 55.1 Å². The van der Waals surface area contributed by atoms with E-state index in [4.69, 9.17) is 4.42 Å². The van der Waals surface area contributed by atoms with Gasteiger partial charge in [-0.15, -0.1) is 11.3 Å². The molecule has 3 aromatic rings. The van der Waals surface area contributed by atoms with E-state index in [0.29, 0.717) is 10.9 Å². The van der Waals surface area contributed by atoms with Crippen molar-refractivity contribution in [1.82, 2.24) is 4.98 Å². The SMILES string of the molecule is CCCc1ccc(-c2csc(NC(=O)/C=C/c3ccco3)n2)cc1. The third-order valence-corrected chi connectivity index (χ3v) is 4.22. The summed E-state index contributed by atoms with van der Waals surface area (Å²) in [6.45, 7) is 2.17. The molecule has 122 valence electrons. The van der Waals surface area contributed by atoms with Crippen LogP contribution >= 0.6 is 11.3 Å². The van der Waals surface area contributed by atoms with Crippen LogP contribution in [0.15, 0.2) is 58.5 Å². The van der Waals surface area contributed by atoms with Gasteiger partial charge in [0.15, 0.2) is 5.13 Å². The second-order valence-electron chi connectivity index (χ2n) is 5.32. The minimum absolute atomic E-state index is 0.231. The van der Waals surface area contributed by atoms with Gasteiger partial charge in [-0.25, -0.2) is 4.98 Å². The number of carbonyl (C=O) groups excluding carboxylic acids is 1. The first-order chi connectivity index (χ1) is 11.7. The second-order valence-corrected chi connectivity index (χ2v) is 6.18. The van der Waals surface area contributed by atoms with E-state index in [-0.39, 0.29) is 5.91 Å². The first kappa shape index (κ1) is 16.2. The first-order valence-electron chi connectivity index (χ1n) is 7.82. The maximum Gasteiger partial charge on any atom is 0.250 e. The molecule has 0 bridgehead atoms. The lowest BCUT2D eigenvalue weighted by molar-refractivity contribution is -0.111. The molecule has 0 aliphatic heterocycles. The van der Waals surface area contributed by atoms with Crippen LogP contribution in [-0.4, -0.2) is 10.9 Å². The van der Waals surface area contributed by atoms with E-state index >= 15 is 0 Å². The molecule has 1 aromatic carbocycles. The third kappa shape index (κ3) is 4.20. The molecule has 1 N–H and O–H groups in total. The van der Waals surface area contributed by atoms with Crippen molar-refractivity contribution in [3.63, 3.8) is 0 Å². The number of aromatic nitrogens is 1. The molecule has 0 atom stereocenters. The molecule has 0 saturated carbocycles. The largest absolute Gasteiger partial charge is 0.465 e. The van der Waals surface area contributed by atoms with Crippen molar-refractivity contribution in [3.05, 3.63) is 65.4 Å². The average Bonchev–Trinajstić information content (AvgIpc) is 3.26. The van der Waals surface area contributed by atoms with E-state index in [1.807, 2.05) is 5.38 Å². The summed E-state index contributed by atoms with van der Waals surface area (Å²) >= 11 is 1.41. The number of carbonyl (C=O) groups is 1. The Bertz CT molecular complexity index is 817. The van der Waals surface area contributed by atoms with Crippen LogP contribution in [0.5, 0.6) is 0 Å². The summed E-state index contributed by atoms with van der Waals surface area (Å²) in [5.74, 6) is 0.405. The molecule has 0 saturated heterocycles. The Kier molecular flexibility index (Phi) is 5.23. The van der Waals surface area contributed by atoms with Crippen LogP contribution < -0.4 is 5.32 Å². The Morgan fingerprint density at radius 1 is 1.29 bits per heavy atom. The highest BCUT2D eigenvalue weighted by molar-refractivity contribution is 7.14. The van der Waals surface area contributed by atoms with Crippen molar-refractivity contribution < 1.29 is 9.21 Å². The average molecular weight is 338 g/mol. The normalized spacial score (nSPS) is 11.0. The highest BCUT2D eigenvalue weighted by atomic mass is 32.1. The Morgan fingerprint density at radius 3 is 2.83 bits per heavy atom. The molecule has 0 aliphatic carbocycles. The number of thiazole rings is 1. The molecule has 0 unspecified atom stereocenters. The molecule has 0 spiro atoms. The zero-order valence-electron chi connectivity index (χ0n) is 13.4. The lowest BCUT2D eigenvalue weighted by atomic mass is 10.1. The Morgan fingerprint density at radius 2 is 2.12 bits per heavy atom. The zero-order chi connectivity index (χ0) is 16.8. The molecule has 0 aliphatic rings. The molecule has 1 amide bonds. The molecule has 24 heavy (non-hydrogen) atoms. The lowest BCUT2D eigenvalue weighted by Crippen LogP contribution is -2.07. The van der Waals surface area contributed by atoms with Gasteiger partial charge in [-0.05, 0) is 30.2 Å². The fraction of sp³-hybridized carbons (Fsp3) is 0.158. The predicted molar refractivity (Wildman–Crippen MR) is 97.9 cm³/mol. The fourth-order valence-electron chi connectivity index (χ4n) is 2.29. The monoisotopic (exact) mass is 338 g/mol. The smallest absolute Gasteiger partial charge is 0.250 e. The number of nitrogens with one attached hydrogen (secondary N) is 1. The van der Waals surface area contributed by atoms with Crippen molar-refractivity contribution in [2.24, 2.45) is 0 Å². The van der Waals surface area contributed by atoms with Crippen molar-refractivity contribution in [2.45, 2.75) is 19.8 Å². The number of anilines is 1. The minimum Gasteiger partial charge on any atom is -0.465 e. The van der Waals surface area contributed by atoms with E-state index in [9.17, 15) is 4.79 Å². The summed E-state index contributed by atoms with van der Waals surface area (Å²) < 4.78 is 5.14. The van der Waals surface area contributed by atoms with Gasteiger partial charge in [-0.3, -0.25) is 10.1 Å². The van der Waals surface area contributed by atoms with E-state index < -0.39 is 0 Å². The van der Waals surface area contributed by atoms with Crippen molar-refractivity contribution in [1.29, 1.82) is 0 Å². The van der Waals surface area contributed by atoms with Crippen LogP contribution in [0.3, 0.4) is 0 Å². The van der Waals surface area contributed by atoms with Crippen LogP contribution in [-0.2, 0) is 11.2 Å². The molecule has 5 heteroatoms. The van der Waals surface area contributed by atoms with Gasteiger partial charge in [0.2, 0.25) is 5.91 Å². The van der Waals surface area contributed by atoms with Gasteiger partial charge < -0.3 is 4.42 Å². The standard InChI is InChI=1S/C19H18N2O2S/c1-2-4-14-6-8-15(9-7-14)17-13-24-19(20-17)21-18(22)11-10-16-5-3-12-23-16/h3,5-13H,2,4H2,1H3,(H,20,21,22)/b11-10+. The fourth-order valence-corrected chi connectivity index (χ4v) is 3.01. The molecule has 3 rings (SSSR count). The summed E-state index contributed by atoms with van der Waals surface area (Å²) in [5, 5.41) is 5.29. The van der Waals surface area contributed by atoms with Gasteiger partial charge in [-0.2, -0.15) is 0 Å². The van der Waals surface area contributed by atoms with Crippen LogP contribution in [0.4, 0.5) is 5.13 Å². The van der Waals surface area contributed by atoms with Gasteiger partial charge >= 0.3 is 0 Å². The zero-order valence-corrected chi connectivity index (χ0v) is 14.2. The van der Waals surface area contributed by atoms with E-state index in [2.05, 4.69) is 41.5 Å². The maximum atomic E-state index is 11.9. The van der Waals surface area contributed by atoms with Crippen LogP contribution in [0.1, 0.15) is 24.7 Å². The Hall–Kier alpha value is -2.66. The molecular weight excluding hydrogens is 320 g/mol. The molecule has 0 radical (unpaired) electrons. The first-order valence-corrected chi connectivity index (χ1v) is 8.70. The molecule has 0 fully saturated rings. The van der Waals surface area contributed by atoms with E-state index in [1.165, 1.54) is 23.0 Å². The van der Waals surface area contributed by atoms with E-state index in [1.54, 1.807) is 24.5 Å². The van der Waals surface area contributed by atoms with Crippen molar-refractivity contribution in [3.8, 4) is 11.3 Å². The molecule has 2 aromatic heterocycles. The highest BCUT2D eigenvalue weighted by Crippen LogP contribution is 2.25. The van der Waals surface area contributed by atoms with Crippen LogP contribution in [0.25, 0.3) is 17.3 Å². The van der Waals surface area contributed by atoms with Gasteiger partial charge in [-0.1, -0.05) is 37.6 Å². The third-order valence-electron chi connectivity index (χ3n) is 3.46. The predicted octanol–water partition coefficient (Wildman–Crippen LogP) is 5.01. The second kappa shape index (κ2) is 7.75. The van der Waals surface area contributed by atoms with Gasteiger partial charge in [0, 0.05) is 17.0 Å². The summed E-state index contributed by atoms with van der Waals surface area (Å²) in [6.07, 6.45) is 6.84. The molecule has 2 heterocycles. The summed E-state index contributed by atoms with van der Waals surface area (Å²) in [5.41, 5.74) is 3.25. The number of hydrogen-bond donors (Lipinski definition) is 1. The van der Waals surface area contributed by atoms with Crippen molar-refractivity contribution in [2.75, 3.05) is 5.32 Å². The van der Waals surface area contributed by atoms with Crippen LogP contribution in [0.2, 0.25) is 0 Å². The lowest BCUT2D eigenvalue weighted by Gasteiger charge is -2.00. The minimum atomic E-state index is -0.231. The van der Waals surface area contributed by atoms with Crippen LogP contribution in [0, 0.1) is 0 Å². The summed E-state index contributed by atoms with van der Waals surface area (Å²) in [4.78, 5) is 16.4. The maximum absolute atomic E-state index is 11.9. The number of aryl methyl sites for hydroxylation is 1. The quantitative estimate of drug-likeness (QED) is 0.643. The van der Waals surface area contributed by atoms with E-state index in [0.717, 1.165) is 24.1 Å². The highest BCUT2D eigenvalue weighted by Gasteiger charge is 2.06. The Labute approximate surface area is 144 Å². The number of hydrogen-bond acceptors (Lipinski definition) is 4. The number of nitrogens with zero attached hydrogens (tertiary/aromatic N) is 1. The summed E-state index contributed by atoms with van der Waals surface area (Å²) in [6, 6.07) is 12.0. The van der Waals surface area contributed by atoms with Gasteiger partial charge in [0.1, 0.15) is 5.76 Å². The number of furan rings is 1. The number of rotatable bonds is 6. The number of amides is 1. The van der Waals surface area contributed by atoms with Gasteiger partial charge in [0.05, 0.1) is 12.0 Å². The summed E-state index contributed by atoms with van der Waals surface area (Å²) in [7, 11) is 0. The Balaban J connectivity index is 1.63.